The van der Waals surface area contributed by atoms with Gasteiger partial charge >= 0.3 is 0 Å². The summed E-state index contributed by atoms with van der Waals surface area (Å²) in [4.78, 5) is 13.0. The molecule has 1 aliphatic rings. The summed E-state index contributed by atoms with van der Waals surface area (Å²) < 4.78 is 6.51. The minimum absolute atomic E-state index is 0.0508. The van der Waals surface area contributed by atoms with Crippen LogP contribution in [-0.2, 0) is 0 Å². The molecule has 1 aromatic heterocycles. The third-order valence-electron chi connectivity index (χ3n) is 2.77. The molecule has 0 N–H and O–H groups in total. The second kappa shape index (κ2) is 4.86. The monoisotopic (exact) mass is 322 g/mol. The van der Waals surface area contributed by atoms with E-state index < -0.39 is 0 Å². The van der Waals surface area contributed by atoms with E-state index in [2.05, 4.69) is 15.9 Å². The minimum atomic E-state index is 0.0508. The fourth-order valence-electron chi connectivity index (χ4n) is 1.65. The molecule has 1 aliphatic carbocycles. The van der Waals surface area contributed by atoms with Gasteiger partial charge in [-0.2, -0.15) is 0 Å². The van der Waals surface area contributed by atoms with Crippen molar-refractivity contribution >= 4 is 33.0 Å². The maximum absolute atomic E-state index is 12.2. The Bertz CT molecular complexity index is 570. The Morgan fingerprint density at radius 2 is 1.94 bits per heavy atom. The summed E-state index contributed by atoms with van der Waals surface area (Å²) in [7, 11) is 0. The van der Waals surface area contributed by atoms with Crippen LogP contribution in [0.15, 0.2) is 40.2 Å². The van der Waals surface area contributed by atoms with Crippen LogP contribution in [0.5, 0.6) is 5.75 Å². The molecule has 1 aromatic carbocycles. The SMILES string of the molecule is O=C(c1ccc(OC2CC2)cc1)c1sccc1Br. The van der Waals surface area contributed by atoms with Crippen molar-refractivity contribution in [3.05, 3.63) is 50.6 Å². The molecular weight excluding hydrogens is 312 g/mol. The molecule has 0 bridgehead atoms. The number of hydrogen-bond acceptors (Lipinski definition) is 3. The van der Waals surface area contributed by atoms with Crippen LogP contribution in [0.25, 0.3) is 0 Å². The third-order valence-corrected chi connectivity index (χ3v) is 4.60. The predicted molar refractivity (Wildman–Crippen MR) is 75.5 cm³/mol. The molecule has 3 rings (SSSR count). The molecule has 0 aliphatic heterocycles. The molecule has 1 fully saturated rings. The maximum atomic E-state index is 12.2. The van der Waals surface area contributed by atoms with Gasteiger partial charge in [0.15, 0.2) is 0 Å². The topological polar surface area (TPSA) is 26.3 Å². The second-order valence-electron chi connectivity index (χ2n) is 4.27. The van der Waals surface area contributed by atoms with E-state index in [-0.39, 0.29) is 5.78 Å². The molecule has 0 atom stereocenters. The molecule has 0 amide bonds. The first-order chi connectivity index (χ1) is 8.74. The summed E-state index contributed by atoms with van der Waals surface area (Å²) in [5.41, 5.74) is 0.696. The van der Waals surface area contributed by atoms with Gasteiger partial charge in [-0.1, -0.05) is 0 Å². The van der Waals surface area contributed by atoms with E-state index in [0.717, 1.165) is 27.9 Å². The van der Waals surface area contributed by atoms with E-state index in [4.69, 9.17) is 4.74 Å². The van der Waals surface area contributed by atoms with Crippen LogP contribution in [-0.4, -0.2) is 11.9 Å². The number of rotatable bonds is 4. The highest BCUT2D eigenvalue weighted by atomic mass is 79.9. The first-order valence-electron chi connectivity index (χ1n) is 5.78. The van der Waals surface area contributed by atoms with Crippen LogP contribution in [0.2, 0.25) is 0 Å². The van der Waals surface area contributed by atoms with Gasteiger partial charge in [-0.25, -0.2) is 0 Å². The Morgan fingerprint density at radius 3 is 2.50 bits per heavy atom. The van der Waals surface area contributed by atoms with Crippen LogP contribution >= 0.6 is 27.3 Å². The number of ketones is 1. The Balaban J connectivity index is 1.79. The minimum Gasteiger partial charge on any atom is -0.490 e. The fraction of sp³-hybridized carbons (Fsp3) is 0.214. The molecule has 1 saturated carbocycles. The summed E-state index contributed by atoms with van der Waals surface area (Å²) in [6.07, 6.45) is 2.67. The number of thiophene rings is 1. The molecule has 4 heteroatoms. The third kappa shape index (κ3) is 2.49. The van der Waals surface area contributed by atoms with Gasteiger partial charge in [-0.05, 0) is 64.5 Å². The Kier molecular flexibility index (Phi) is 3.22. The van der Waals surface area contributed by atoms with Crippen LogP contribution in [0.4, 0.5) is 0 Å². The fourth-order valence-corrected chi connectivity index (χ4v) is 3.16. The molecule has 0 saturated heterocycles. The van der Waals surface area contributed by atoms with Crippen molar-refractivity contribution < 1.29 is 9.53 Å². The molecule has 92 valence electrons. The lowest BCUT2D eigenvalue weighted by molar-refractivity contribution is 0.104. The number of halogens is 1. The average molecular weight is 323 g/mol. The Morgan fingerprint density at radius 1 is 1.22 bits per heavy atom. The Labute approximate surface area is 118 Å². The number of hydrogen-bond donors (Lipinski definition) is 0. The van der Waals surface area contributed by atoms with Gasteiger partial charge in [-0.15, -0.1) is 11.3 Å². The first-order valence-corrected chi connectivity index (χ1v) is 7.46. The molecule has 0 unspecified atom stereocenters. The van der Waals surface area contributed by atoms with Crippen LogP contribution < -0.4 is 4.74 Å². The number of carbonyl (C=O) groups is 1. The van der Waals surface area contributed by atoms with E-state index in [0.29, 0.717) is 11.7 Å². The average Bonchev–Trinajstić information content (AvgIpc) is 3.09. The van der Waals surface area contributed by atoms with Gasteiger partial charge < -0.3 is 4.74 Å². The van der Waals surface area contributed by atoms with Crippen LogP contribution in [0, 0.1) is 0 Å². The van der Waals surface area contributed by atoms with Crippen molar-refractivity contribution in [3.8, 4) is 5.75 Å². The van der Waals surface area contributed by atoms with Gasteiger partial charge in [0.05, 0.1) is 11.0 Å². The molecule has 1 heterocycles. The van der Waals surface area contributed by atoms with Gasteiger partial charge in [0.2, 0.25) is 5.78 Å². The molecule has 2 nitrogen and oxygen atoms in total. The van der Waals surface area contributed by atoms with E-state index in [1.54, 1.807) is 0 Å². The van der Waals surface area contributed by atoms with Gasteiger partial charge in [0.25, 0.3) is 0 Å². The highest BCUT2D eigenvalue weighted by molar-refractivity contribution is 9.10. The lowest BCUT2D eigenvalue weighted by Crippen LogP contribution is -2.00. The summed E-state index contributed by atoms with van der Waals surface area (Å²) in [5, 5.41) is 1.90. The molecule has 2 aromatic rings. The normalized spacial score (nSPS) is 14.5. The smallest absolute Gasteiger partial charge is 0.204 e. The molecule has 18 heavy (non-hydrogen) atoms. The zero-order valence-electron chi connectivity index (χ0n) is 9.56. The van der Waals surface area contributed by atoms with Crippen molar-refractivity contribution in [2.24, 2.45) is 0 Å². The van der Waals surface area contributed by atoms with Gasteiger partial charge in [0.1, 0.15) is 5.75 Å². The lowest BCUT2D eigenvalue weighted by atomic mass is 10.1. The van der Waals surface area contributed by atoms with E-state index in [1.165, 1.54) is 11.3 Å². The zero-order chi connectivity index (χ0) is 12.5. The van der Waals surface area contributed by atoms with E-state index >= 15 is 0 Å². The van der Waals surface area contributed by atoms with E-state index in [1.807, 2.05) is 35.7 Å². The highest BCUT2D eigenvalue weighted by Crippen LogP contribution is 2.28. The number of ether oxygens (including phenoxy) is 1. The maximum Gasteiger partial charge on any atom is 0.204 e. The summed E-state index contributed by atoms with van der Waals surface area (Å²) in [5.74, 6) is 0.897. The second-order valence-corrected chi connectivity index (χ2v) is 6.04. The molecule has 0 spiro atoms. The van der Waals surface area contributed by atoms with Gasteiger partial charge in [0, 0.05) is 10.0 Å². The van der Waals surface area contributed by atoms with Crippen molar-refractivity contribution in [2.45, 2.75) is 18.9 Å². The largest absolute Gasteiger partial charge is 0.490 e. The first kappa shape index (κ1) is 11.9. The lowest BCUT2D eigenvalue weighted by Gasteiger charge is -2.05. The summed E-state index contributed by atoms with van der Waals surface area (Å²) >= 11 is 4.83. The van der Waals surface area contributed by atoms with Crippen molar-refractivity contribution in [1.82, 2.24) is 0 Å². The summed E-state index contributed by atoms with van der Waals surface area (Å²) in [6.45, 7) is 0. The van der Waals surface area contributed by atoms with Crippen molar-refractivity contribution in [1.29, 1.82) is 0 Å². The number of benzene rings is 1. The van der Waals surface area contributed by atoms with Crippen molar-refractivity contribution in [3.63, 3.8) is 0 Å². The molecular formula is C14H11BrO2S. The number of carbonyl (C=O) groups excluding carboxylic acids is 1. The Hall–Kier alpha value is -1.13. The van der Waals surface area contributed by atoms with E-state index in [9.17, 15) is 4.79 Å². The standard InChI is InChI=1S/C14H11BrO2S/c15-12-7-8-18-14(12)13(16)9-1-3-10(4-2-9)17-11-5-6-11/h1-4,7-8,11H,5-6H2. The highest BCUT2D eigenvalue weighted by Gasteiger charge is 2.23. The van der Waals surface area contributed by atoms with Gasteiger partial charge in [-0.3, -0.25) is 4.79 Å². The van der Waals surface area contributed by atoms with Crippen LogP contribution in [0.3, 0.4) is 0 Å². The van der Waals surface area contributed by atoms with Crippen LogP contribution in [0.1, 0.15) is 28.1 Å². The van der Waals surface area contributed by atoms with Crippen molar-refractivity contribution in [2.75, 3.05) is 0 Å². The predicted octanol–water partition coefficient (Wildman–Crippen LogP) is 4.28. The summed E-state index contributed by atoms with van der Waals surface area (Å²) in [6, 6.07) is 9.28. The zero-order valence-corrected chi connectivity index (χ0v) is 12.0. The quantitative estimate of drug-likeness (QED) is 0.785. The molecule has 0 radical (unpaired) electrons.